The van der Waals surface area contributed by atoms with Gasteiger partial charge in [0, 0.05) is 5.69 Å². The van der Waals surface area contributed by atoms with Crippen LogP contribution in [0.2, 0.25) is 0 Å². The molecule has 0 bridgehead atoms. The van der Waals surface area contributed by atoms with Crippen LogP contribution < -0.4 is 15.4 Å². The van der Waals surface area contributed by atoms with E-state index in [0.717, 1.165) is 0 Å². The summed E-state index contributed by atoms with van der Waals surface area (Å²) in [4.78, 5) is 11.4. The van der Waals surface area contributed by atoms with Crippen molar-refractivity contribution >= 4 is 11.6 Å². The number of halogens is 4. The number of benzene rings is 1. The molecule has 0 aliphatic carbocycles. The van der Waals surface area contributed by atoms with Crippen molar-refractivity contribution in [3.8, 4) is 5.75 Å². The van der Waals surface area contributed by atoms with Gasteiger partial charge in [-0.1, -0.05) is 0 Å². The number of rotatable bonds is 7. The van der Waals surface area contributed by atoms with Crippen molar-refractivity contribution in [2.24, 2.45) is 0 Å². The summed E-state index contributed by atoms with van der Waals surface area (Å²) in [5.74, 6) is -4.17. The molecule has 0 aliphatic rings. The molecule has 0 aromatic heterocycles. The van der Waals surface area contributed by atoms with Crippen LogP contribution in [0.5, 0.6) is 5.75 Å². The fraction of sp³-hybridized carbons (Fsp3) is 0.417. The lowest BCUT2D eigenvalue weighted by molar-refractivity contribution is -0.127. The quantitative estimate of drug-likeness (QED) is 0.757. The summed E-state index contributed by atoms with van der Waals surface area (Å²) in [6.45, 7) is -1.75. The van der Waals surface area contributed by atoms with Crippen LogP contribution in [0.25, 0.3) is 0 Å². The van der Waals surface area contributed by atoms with Gasteiger partial charge >= 0.3 is 12.3 Å². The molecule has 1 aromatic carbocycles. The van der Waals surface area contributed by atoms with Gasteiger partial charge in [-0.15, -0.1) is 0 Å². The molecule has 0 unspecified atom stereocenters. The monoisotopic (exact) mass is 294 g/mol. The lowest BCUT2D eigenvalue weighted by Crippen LogP contribution is -2.41. The van der Waals surface area contributed by atoms with E-state index in [1.165, 1.54) is 7.11 Å². The minimum atomic E-state index is -4.15. The van der Waals surface area contributed by atoms with E-state index in [9.17, 15) is 22.4 Å². The highest BCUT2D eigenvalue weighted by atomic mass is 19.3. The minimum absolute atomic E-state index is 0.443. The molecule has 8 heteroatoms. The van der Waals surface area contributed by atoms with Gasteiger partial charge in [0.2, 0.25) is 5.91 Å². The second-order valence-electron chi connectivity index (χ2n) is 3.94. The molecule has 2 N–H and O–H groups in total. The zero-order valence-electron chi connectivity index (χ0n) is 10.6. The van der Waals surface area contributed by atoms with Crippen LogP contribution in [-0.4, -0.2) is 38.5 Å². The Balaban J connectivity index is 2.36. The molecule has 1 amide bonds. The summed E-state index contributed by atoms with van der Waals surface area (Å²) in [7, 11) is 1.49. The predicted molar refractivity (Wildman–Crippen MR) is 65.4 cm³/mol. The Labute approximate surface area is 113 Å². The Morgan fingerprint density at radius 3 is 2.40 bits per heavy atom. The molecule has 0 radical (unpaired) electrons. The van der Waals surface area contributed by atoms with Gasteiger partial charge in [0.25, 0.3) is 0 Å². The highest BCUT2D eigenvalue weighted by Crippen LogP contribution is 2.21. The first-order chi connectivity index (χ1) is 9.35. The molecule has 0 fully saturated rings. The predicted octanol–water partition coefficient (Wildman–Crippen LogP) is 2.12. The summed E-state index contributed by atoms with van der Waals surface area (Å²) in [6, 6.07) is 6.33. The number of hydrogen-bond donors (Lipinski definition) is 2. The van der Waals surface area contributed by atoms with E-state index in [1.807, 2.05) is 5.32 Å². The van der Waals surface area contributed by atoms with Crippen molar-refractivity contribution in [2.75, 3.05) is 25.5 Å². The molecule has 0 aliphatic heterocycles. The summed E-state index contributed by atoms with van der Waals surface area (Å²) in [5, 5.41) is 4.40. The van der Waals surface area contributed by atoms with Crippen molar-refractivity contribution in [2.45, 2.75) is 12.3 Å². The SMILES string of the molecule is COc1ccc(NC(=O)CNCC(F)(F)C(F)F)cc1. The standard InChI is InChI=1S/C12H14F4N2O2/c1-20-9-4-2-8(3-5-9)18-10(19)6-17-7-12(15,16)11(13)14/h2-5,11,17H,6-7H2,1H3,(H,18,19). The third kappa shape index (κ3) is 5.04. The van der Waals surface area contributed by atoms with Gasteiger partial charge < -0.3 is 15.4 Å². The van der Waals surface area contributed by atoms with Gasteiger partial charge in [0.1, 0.15) is 5.75 Å². The van der Waals surface area contributed by atoms with Crippen LogP contribution in [-0.2, 0) is 4.79 Å². The first kappa shape index (κ1) is 16.2. The number of ether oxygens (including phenoxy) is 1. The molecule has 20 heavy (non-hydrogen) atoms. The molecular formula is C12H14F4N2O2. The summed E-state index contributed by atoms with van der Waals surface area (Å²) in [6.07, 6.45) is -3.76. The van der Waals surface area contributed by atoms with Gasteiger partial charge in [0.05, 0.1) is 20.2 Å². The number of hydrogen-bond acceptors (Lipinski definition) is 3. The van der Waals surface area contributed by atoms with Gasteiger partial charge in [-0.2, -0.15) is 8.78 Å². The van der Waals surface area contributed by atoms with E-state index in [0.29, 0.717) is 11.4 Å². The number of nitrogens with one attached hydrogen (secondary N) is 2. The van der Waals surface area contributed by atoms with E-state index in [2.05, 4.69) is 5.32 Å². The van der Waals surface area contributed by atoms with Crippen molar-refractivity contribution in [1.29, 1.82) is 0 Å². The van der Waals surface area contributed by atoms with Crippen molar-refractivity contribution in [3.05, 3.63) is 24.3 Å². The van der Waals surface area contributed by atoms with Gasteiger partial charge in [-0.3, -0.25) is 4.79 Å². The molecule has 0 saturated carbocycles. The fourth-order valence-corrected chi connectivity index (χ4v) is 1.30. The highest BCUT2D eigenvalue weighted by Gasteiger charge is 2.40. The number of anilines is 1. The first-order valence-electron chi connectivity index (χ1n) is 5.66. The summed E-state index contributed by atoms with van der Waals surface area (Å²) < 4.78 is 53.7. The number of methoxy groups -OCH3 is 1. The smallest absolute Gasteiger partial charge is 0.319 e. The lowest BCUT2D eigenvalue weighted by Gasteiger charge is -2.15. The Kier molecular flexibility index (Phi) is 5.75. The van der Waals surface area contributed by atoms with Crippen molar-refractivity contribution in [3.63, 3.8) is 0 Å². The van der Waals surface area contributed by atoms with Crippen LogP contribution in [0, 0.1) is 0 Å². The Hall–Kier alpha value is -1.83. The molecule has 1 rings (SSSR count). The highest BCUT2D eigenvalue weighted by molar-refractivity contribution is 5.92. The summed E-state index contributed by atoms with van der Waals surface area (Å²) in [5.41, 5.74) is 0.443. The zero-order chi connectivity index (χ0) is 15.2. The average Bonchev–Trinajstić information content (AvgIpc) is 2.39. The molecule has 0 saturated heterocycles. The maximum absolute atomic E-state index is 12.5. The van der Waals surface area contributed by atoms with Crippen LogP contribution >= 0.6 is 0 Å². The third-order valence-corrected chi connectivity index (χ3v) is 2.34. The van der Waals surface area contributed by atoms with E-state index in [4.69, 9.17) is 4.74 Å². The molecule has 0 heterocycles. The maximum atomic E-state index is 12.5. The average molecular weight is 294 g/mol. The van der Waals surface area contributed by atoms with Crippen LogP contribution in [0.1, 0.15) is 0 Å². The normalized spacial score (nSPS) is 11.5. The third-order valence-electron chi connectivity index (χ3n) is 2.34. The molecule has 1 aromatic rings. The van der Waals surface area contributed by atoms with E-state index in [1.54, 1.807) is 24.3 Å². The number of amides is 1. The van der Waals surface area contributed by atoms with Crippen molar-refractivity contribution < 1.29 is 27.1 Å². The Morgan fingerprint density at radius 1 is 1.30 bits per heavy atom. The number of alkyl halides is 4. The zero-order valence-corrected chi connectivity index (χ0v) is 10.6. The first-order valence-corrected chi connectivity index (χ1v) is 5.66. The van der Waals surface area contributed by atoms with E-state index >= 15 is 0 Å². The lowest BCUT2D eigenvalue weighted by atomic mass is 10.3. The Bertz CT molecular complexity index is 438. The second-order valence-corrected chi connectivity index (χ2v) is 3.94. The van der Waals surface area contributed by atoms with Gasteiger partial charge in [-0.25, -0.2) is 8.78 Å². The largest absolute Gasteiger partial charge is 0.497 e. The van der Waals surface area contributed by atoms with E-state index < -0.39 is 31.3 Å². The van der Waals surface area contributed by atoms with Gasteiger partial charge in [0.15, 0.2) is 0 Å². The topological polar surface area (TPSA) is 50.4 Å². The fourth-order valence-electron chi connectivity index (χ4n) is 1.30. The molecular weight excluding hydrogens is 280 g/mol. The van der Waals surface area contributed by atoms with Crippen LogP contribution in [0.15, 0.2) is 24.3 Å². The molecule has 112 valence electrons. The minimum Gasteiger partial charge on any atom is -0.497 e. The molecule has 0 spiro atoms. The van der Waals surface area contributed by atoms with Gasteiger partial charge in [-0.05, 0) is 24.3 Å². The van der Waals surface area contributed by atoms with Crippen LogP contribution in [0.4, 0.5) is 23.2 Å². The molecule has 4 nitrogen and oxygen atoms in total. The Morgan fingerprint density at radius 2 is 1.90 bits per heavy atom. The maximum Gasteiger partial charge on any atom is 0.319 e. The molecule has 0 atom stereocenters. The van der Waals surface area contributed by atoms with Crippen molar-refractivity contribution in [1.82, 2.24) is 5.32 Å². The van der Waals surface area contributed by atoms with Crippen LogP contribution in [0.3, 0.4) is 0 Å². The summed E-state index contributed by atoms with van der Waals surface area (Å²) >= 11 is 0. The van der Waals surface area contributed by atoms with E-state index in [-0.39, 0.29) is 0 Å². The number of carbonyl (C=O) groups excluding carboxylic acids is 1. The second kappa shape index (κ2) is 7.09. The number of carbonyl (C=O) groups is 1.